The second kappa shape index (κ2) is 2.93. The highest BCUT2D eigenvalue weighted by molar-refractivity contribution is 5.49. The molecule has 0 saturated carbocycles. The van der Waals surface area contributed by atoms with Crippen LogP contribution in [0.3, 0.4) is 0 Å². The smallest absolute Gasteiger partial charge is 0.441 e. The van der Waals surface area contributed by atoms with Crippen LogP contribution in [0.25, 0.3) is 5.70 Å². The Bertz CT molecular complexity index is 425. The summed E-state index contributed by atoms with van der Waals surface area (Å²) < 4.78 is 5.70. The molecule has 0 aromatic carbocycles. The molecule has 0 amide bonds. The van der Waals surface area contributed by atoms with Crippen molar-refractivity contribution in [2.75, 3.05) is 0 Å². The van der Waals surface area contributed by atoms with E-state index in [2.05, 4.69) is 9.52 Å². The molecular formula is C8H8N2O3. The summed E-state index contributed by atoms with van der Waals surface area (Å²) in [7, 11) is 0. The van der Waals surface area contributed by atoms with Gasteiger partial charge in [0, 0.05) is 12.1 Å². The van der Waals surface area contributed by atoms with Crippen LogP contribution < -0.4 is 5.76 Å². The Morgan fingerprint density at radius 1 is 1.46 bits per heavy atom. The van der Waals surface area contributed by atoms with E-state index in [4.69, 9.17) is 5.11 Å². The third-order valence-corrected chi connectivity index (χ3v) is 1.87. The zero-order valence-electron chi connectivity index (χ0n) is 6.80. The molecule has 0 aliphatic heterocycles. The minimum Gasteiger partial charge on any atom is -0.512 e. The van der Waals surface area contributed by atoms with Gasteiger partial charge in [0.1, 0.15) is 0 Å². The first-order valence-electron chi connectivity index (χ1n) is 3.89. The number of hydrogen-bond donors (Lipinski definition) is 1. The highest BCUT2D eigenvalue weighted by Gasteiger charge is 2.10. The van der Waals surface area contributed by atoms with E-state index in [0.717, 1.165) is 12.1 Å². The van der Waals surface area contributed by atoms with Gasteiger partial charge in [-0.2, -0.15) is 4.68 Å². The molecule has 0 bridgehead atoms. The van der Waals surface area contributed by atoms with Crippen molar-refractivity contribution in [3.63, 3.8) is 0 Å². The number of aromatic nitrogens is 2. The number of rotatable bonds is 1. The maximum Gasteiger partial charge on any atom is 0.441 e. The molecule has 0 fully saturated rings. The van der Waals surface area contributed by atoms with Crippen molar-refractivity contribution in [3.8, 4) is 0 Å². The van der Waals surface area contributed by atoms with Crippen LogP contribution in [0.5, 0.6) is 0 Å². The quantitative estimate of drug-likeness (QED) is 0.697. The van der Waals surface area contributed by atoms with Gasteiger partial charge in [0.15, 0.2) is 0 Å². The Balaban J connectivity index is 2.39. The van der Waals surface area contributed by atoms with Crippen LogP contribution in [0.1, 0.15) is 12.8 Å². The van der Waals surface area contributed by atoms with E-state index in [9.17, 15) is 4.79 Å². The Morgan fingerprint density at radius 2 is 2.31 bits per heavy atom. The summed E-state index contributed by atoms with van der Waals surface area (Å²) in [4.78, 5) is 11.0. The van der Waals surface area contributed by atoms with E-state index in [-0.39, 0.29) is 0 Å². The summed E-state index contributed by atoms with van der Waals surface area (Å²) in [5.41, 5.74) is 0.733. The van der Waals surface area contributed by atoms with Crippen LogP contribution in [0.15, 0.2) is 33.5 Å². The van der Waals surface area contributed by atoms with Gasteiger partial charge < -0.3 is 9.52 Å². The zero-order chi connectivity index (χ0) is 9.26. The van der Waals surface area contributed by atoms with Crippen molar-refractivity contribution in [2.45, 2.75) is 12.8 Å². The molecule has 68 valence electrons. The predicted octanol–water partition coefficient (Wildman–Crippen LogP) is 0.913. The molecule has 1 aliphatic rings. The van der Waals surface area contributed by atoms with Crippen molar-refractivity contribution in [3.05, 3.63) is 34.9 Å². The Kier molecular flexibility index (Phi) is 1.77. The van der Waals surface area contributed by atoms with Gasteiger partial charge >= 0.3 is 5.76 Å². The van der Waals surface area contributed by atoms with E-state index in [1.165, 1.54) is 4.68 Å². The van der Waals surface area contributed by atoms with Crippen LogP contribution in [-0.2, 0) is 0 Å². The van der Waals surface area contributed by atoms with E-state index in [1.807, 2.05) is 0 Å². The van der Waals surface area contributed by atoms with Crippen molar-refractivity contribution in [1.82, 2.24) is 9.78 Å². The van der Waals surface area contributed by atoms with Gasteiger partial charge in [-0.25, -0.2) is 4.79 Å². The lowest BCUT2D eigenvalue weighted by atomic mass is 10.1. The molecule has 1 heterocycles. The second-order valence-electron chi connectivity index (χ2n) is 2.73. The lowest BCUT2D eigenvalue weighted by Crippen LogP contribution is -2.16. The molecule has 0 atom stereocenters. The highest BCUT2D eigenvalue weighted by atomic mass is 16.4. The van der Waals surface area contributed by atoms with Gasteiger partial charge in [-0.15, -0.1) is 5.10 Å². The third-order valence-electron chi connectivity index (χ3n) is 1.87. The zero-order valence-corrected chi connectivity index (χ0v) is 6.80. The number of aliphatic hydroxyl groups is 1. The molecule has 2 rings (SSSR count). The largest absolute Gasteiger partial charge is 0.512 e. The highest BCUT2D eigenvalue weighted by Crippen LogP contribution is 2.17. The maximum absolute atomic E-state index is 11.0. The molecule has 5 nitrogen and oxygen atoms in total. The third kappa shape index (κ3) is 1.40. The monoisotopic (exact) mass is 180 g/mol. The van der Waals surface area contributed by atoms with Crippen molar-refractivity contribution in [1.29, 1.82) is 0 Å². The van der Waals surface area contributed by atoms with Crippen molar-refractivity contribution in [2.24, 2.45) is 0 Å². The van der Waals surface area contributed by atoms with Gasteiger partial charge in [0.05, 0.1) is 5.76 Å². The Morgan fingerprint density at radius 3 is 2.85 bits per heavy atom. The molecule has 1 aliphatic carbocycles. The lowest BCUT2D eigenvalue weighted by Gasteiger charge is -2.08. The van der Waals surface area contributed by atoms with E-state index >= 15 is 0 Å². The number of nitrogens with zero attached hydrogens (tertiary/aromatic N) is 2. The van der Waals surface area contributed by atoms with Gasteiger partial charge in [-0.3, -0.25) is 0 Å². The van der Waals surface area contributed by atoms with Crippen LogP contribution in [0.4, 0.5) is 0 Å². The molecule has 13 heavy (non-hydrogen) atoms. The molecule has 0 spiro atoms. The fraction of sp³-hybridized carbons (Fsp3) is 0.250. The SMILES string of the molecule is O=c1ocnn1C1=CC=C(O)CC1. The molecule has 1 aromatic heterocycles. The Labute approximate surface area is 73.6 Å². The van der Waals surface area contributed by atoms with Crippen LogP contribution in [0.2, 0.25) is 0 Å². The first-order valence-corrected chi connectivity index (χ1v) is 3.89. The summed E-state index contributed by atoms with van der Waals surface area (Å²) in [6, 6.07) is 0. The summed E-state index contributed by atoms with van der Waals surface area (Å²) in [6.45, 7) is 0. The molecule has 1 N–H and O–H groups in total. The number of allylic oxidation sites excluding steroid dienone is 4. The summed E-state index contributed by atoms with van der Waals surface area (Å²) in [5, 5.41) is 12.8. The predicted molar refractivity (Wildman–Crippen MR) is 45.0 cm³/mol. The maximum atomic E-state index is 11.0. The fourth-order valence-electron chi connectivity index (χ4n) is 1.20. The van der Waals surface area contributed by atoms with Gasteiger partial charge in [-0.1, -0.05) is 0 Å². The fourth-order valence-corrected chi connectivity index (χ4v) is 1.20. The molecular weight excluding hydrogens is 172 g/mol. The van der Waals surface area contributed by atoms with E-state index in [0.29, 0.717) is 18.6 Å². The number of aliphatic hydroxyl groups excluding tert-OH is 1. The standard InChI is InChI=1S/C8H8N2O3/c11-7-3-1-6(2-4-7)10-8(12)13-5-9-10/h1,3,5,11H,2,4H2. The van der Waals surface area contributed by atoms with Crippen LogP contribution in [-0.4, -0.2) is 14.9 Å². The molecule has 1 aromatic rings. The minimum absolute atomic E-state index is 0.320. The normalized spacial score (nSPS) is 16.6. The molecule has 0 unspecified atom stereocenters. The van der Waals surface area contributed by atoms with Crippen LogP contribution in [0, 0.1) is 0 Å². The first-order chi connectivity index (χ1) is 6.27. The summed E-state index contributed by atoms with van der Waals surface area (Å²) >= 11 is 0. The summed E-state index contributed by atoms with van der Waals surface area (Å²) in [5.74, 6) is -0.179. The topological polar surface area (TPSA) is 68.3 Å². The average Bonchev–Trinajstić information content (AvgIpc) is 2.53. The lowest BCUT2D eigenvalue weighted by molar-refractivity contribution is 0.387. The first kappa shape index (κ1) is 7.85. The Hall–Kier alpha value is -1.78. The van der Waals surface area contributed by atoms with Gasteiger partial charge in [0.2, 0.25) is 6.39 Å². The van der Waals surface area contributed by atoms with Gasteiger partial charge in [0.25, 0.3) is 0 Å². The average molecular weight is 180 g/mol. The minimum atomic E-state index is -0.499. The molecule has 0 saturated heterocycles. The summed E-state index contributed by atoms with van der Waals surface area (Å²) in [6.07, 6.45) is 5.43. The van der Waals surface area contributed by atoms with E-state index < -0.39 is 5.76 Å². The molecule has 5 heteroatoms. The van der Waals surface area contributed by atoms with Crippen LogP contribution >= 0.6 is 0 Å². The van der Waals surface area contributed by atoms with Crippen molar-refractivity contribution >= 4 is 5.70 Å². The van der Waals surface area contributed by atoms with Crippen molar-refractivity contribution < 1.29 is 9.52 Å². The second-order valence-corrected chi connectivity index (χ2v) is 2.73. The number of hydrogen-bond acceptors (Lipinski definition) is 4. The molecule has 0 radical (unpaired) electrons. The van der Waals surface area contributed by atoms with Gasteiger partial charge in [-0.05, 0) is 18.6 Å². The van der Waals surface area contributed by atoms with E-state index in [1.54, 1.807) is 12.2 Å².